The molecule has 2 amide bonds. The highest BCUT2D eigenvalue weighted by Crippen LogP contribution is 2.15. The molecule has 0 aliphatic heterocycles. The predicted molar refractivity (Wildman–Crippen MR) is 206 cm³/mol. The first-order chi connectivity index (χ1) is 23.6. The molecular formula is C42H84N2O4. The Kier molecular flexibility index (Phi) is 37.7. The van der Waals surface area contributed by atoms with Crippen LogP contribution in [0.1, 0.15) is 219 Å². The second-order valence-corrected chi connectivity index (χ2v) is 14.6. The van der Waals surface area contributed by atoms with Crippen LogP contribution in [-0.4, -0.2) is 71.2 Å². The maximum Gasteiger partial charge on any atom is 0.222 e. The van der Waals surface area contributed by atoms with Crippen molar-refractivity contribution in [3.05, 3.63) is 0 Å². The number of rotatable bonds is 39. The number of unbranched alkanes of at least 4 members (excludes halogenated alkanes) is 26. The van der Waals surface area contributed by atoms with Gasteiger partial charge in [-0.25, -0.2) is 0 Å². The molecule has 0 saturated carbocycles. The first kappa shape index (κ1) is 46.9. The number of aliphatic hydroxyl groups is 2. The number of carbonyl (C=O) groups is 2. The Morgan fingerprint density at radius 2 is 0.583 bits per heavy atom. The second-order valence-electron chi connectivity index (χ2n) is 14.6. The lowest BCUT2D eigenvalue weighted by atomic mass is 10.0. The van der Waals surface area contributed by atoms with E-state index in [9.17, 15) is 19.8 Å². The summed E-state index contributed by atoms with van der Waals surface area (Å²) in [7, 11) is 0. The van der Waals surface area contributed by atoms with Gasteiger partial charge in [-0.3, -0.25) is 9.59 Å². The van der Waals surface area contributed by atoms with E-state index in [0.29, 0.717) is 51.9 Å². The highest BCUT2D eigenvalue weighted by molar-refractivity contribution is 5.77. The zero-order valence-electron chi connectivity index (χ0n) is 32.5. The molecule has 0 aliphatic rings. The molecule has 0 fully saturated rings. The molecule has 6 nitrogen and oxygen atoms in total. The van der Waals surface area contributed by atoms with Gasteiger partial charge in [0, 0.05) is 52.2 Å². The molecule has 0 aromatic heterocycles. The summed E-state index contributed by atoms with van der Waals surface area (Å²) < 4.78 is 0. The van der Waals surface area contributed by atoms with Crippen molar-refractivity contribution in [2.75, 3.05) is 39.4 Å². The summed E-state index contributed by atoms with van der Waals surface area (Å²) in [5.41, 5.74) is 0. The van der Waals surface area contributed by atoms with Crippen LogP contribution in [0, 0.1) is 0 Å². The van der Waals surface area contributed by atoms with Gasteiger partial charge in [0.2, 0.25) is 11.8 Å². The fourth-order valence-electron chi connectivity index (χ4n) is 6.70. The number of amides is 2. The molecular weight excluding hydrogens is 596 g/mol. The molecule has 0 saturated heterocycles. The third-order valence-corrected chi connectivity index (χ3v) is 10.0. The number of aliphatic hydroxyl groups excluding tert-OH is 2. The molecule has 2 N–H and O–H groups in total. The van der Waals surface area contributed by atoms with Crippen molar-refractivity contribution in [3.8, 4) is 0 Å². The van der Waals surface area contributed by atoms with Gasteiger partial charge in [0.1, 0.15) is 0 Å². The molecule has 0 heterocycles. The number of hydrogen-bond donors (Lipinski definition) is 2. The molecule has 0 unspecified atom stereocenters. The largest absolute Gasteiger partial charge is 0.396 e. The van der Waals surface area contributed by atoms with Gasteiger partial charge in [0.05, 0.1) is 0 Å². The molecule has 0 radical (unpaired) electrons. The maximum absolute atomic E-state index is 13.2. The first-order valence-corrected chi connectivity index (χ1v) is 21.4. The van der Waals surface area contributed by atoms with E-state index in [1.165, 1.54) is 141 Å². The maximum atomic E-state index is 13.2. The third kappa shape index (κ3) is 32.1. The lowest BCUT2D eigenvalue weighted by Gasteiger charge is -2.28. The second kappa shape index (κ2) is 38.7. The molecule has 0 atom stereocenters. The van der Waals surface area contributed by atoms with E-state index in [2.05, 4.69) is 13.8 Å². The first-order valence-electron chi connectivity index (χ1n) is 21.4. The minimum Gasteiger partial charge on any atom is -0.396 e. The highest BCUT2D eigenvalue weighted by Gasteiger charge is 2.18. The summed E-state index contributed by atoms with van der Waals surface area (Å²) in [6.45, 7) is 7.25. The van der Waals surface area contributed by atoms with Crippen LogP contribution in [0.25, 0.3) is 0 Å². The quantitative estimate of drug-likeness (QED) is 0.0633. The molecule has 0 aromatic rings. The van der Waals surface area contributed by atoms with Crippen LogP contribution in [-0.2, 0) is 9.59 Å². The fraction of sp³-hybridized carbons (Fsp3) is 0.952. The van der Waals surface area contributed by atoms with Gasteiger partial charge in [-0.1, -0.05) is 168 Å². The monoisotopic (exact) mass is 681 g/mol. The zero-order valence-corrected chi connectivity index (χ0v) is 32.5. The zero-order chi connectivity index (χ0) is 35.2. The Morgan fingerprint density at radius 1 is 0.333 bits per heavy atom. The standard InChI is InChI=1S/C42H84N2O4/c1-3-5-7-9-11-13-15-17-19-21-23-25-27-33-41(47)43(35-29-31-39-45)37-38-44(36-30-32-40-46)42(48)34-28-26-24-22-20-18-16-14-12-10-8-6-4-2/h45-46H,3-40H2,1-2H3. The lowest BCUT2D eigenvalue weighted by molar-refractivity contribution is -0.135. The topological polar surface area (TPSA) is 81.1 Å². The van der Waals surface area contributed by atoms with Crippen molar-refractivity contribution in [1.29, 1.82) is 0 Å². The SMILES string of the molecule is CCCCCCCCCCCCCCCC(=O)N(CCCCO)CCN(CCCCO)C(=O)CCCCCCCCCCCCCCC. The van der Waals surface area contributed by atoms with Crippen LogP contribution < -0.4 is 0 Å². The molecule has 48 heavy (non-hydrogen) atoms. The van der Waals surface area contributed by atoms with E-state index in [1.54, 1.807) is 0 Å². The van der Waals surface area contributed by atoms with Gasteiger partial charge in [0.15, 0.2) is 0 Å². The minimum absolute atomic E-state index is 0.145. The summed E-state index contributed by atoms with van der Waals surface area (Å²) in [6.07, 6.45) is 37.8. The molecule has 0 aromatic carbocycles. The van der Waals surface area contributed by atoms with Crippen LogP contribution in [0.15, 0.2) is 0 Å². The van der Waals surface area contributed by atoms with Crippen molar-refractivity contribution in [2.24, 2.45) is 0 Å². The number of nitrogens with zero attached hydrogens (tertiary/aromatic N) is 2. The average Bonchev–Trinajstić information content (AvgIpc) is 3.09. The Bertz CT molecular complexity index is 618. The van der Waals surface area contributed by atoms with E-state index in [0.717, 1.165) is 38.5 Å². The smallest absolute Gasteiger partial charge is 0.222 e. The van der Waals surface area contributed by atoms with E-state index in [1.807, 2.05) is 9.80 Å². The van der Waals surface area contributed by atoms with Crippen molar-refractivity contribution in [3.63, 3.8) is 0 Å². The number of carbonyl (C=O) groups excluding carboxylic acids is 2. The van der Waals surface area contributed by atoms with E-state index < -0.39 is 0 Å². The Morgan fingerprint density at radius 3 is 0.833 bits per heavy atom. The molecule has 0 rings (SSSR count). The van der Waals surface area contributed by atoms with Crippen LogP contribution in [0.3, 0.4) is 0 Å². The fourth-order valence-corrected chi connectivity index (χ4v) is 6.70. The molecule has 286 valence electrons. The molecule has 0 bridgehead atoms. The normalized spacial score (nSPS) is 11.3. The number of hydrogen-bond acceptors (Lipinski definition) is 4. The summed E-state index contributed by atoms with van der Waals surface area (Å²) in [4.78, 5) is 30.3. The van der Waals surface area contributed by atoms with Gasteiger partial charge < -0.3 is 20.0 Å². The van der Waals surface area contributed by atoms with E-state index in [4.69, 9.17) is 0 Å². The summed E-state index contributed by atoms with van der Waals surface area (Å²) in [5, 5.41) is 18.6. The highest BCUT2D eigenvalue weighted by atomic mass is 16.3. The van der Waals surface area contributed by atoms with Crippen molar-refractivity contribution in [2.45, 2.75) is 219 Å². The summed E-state index contributed by atoms with van der Waals surface area (Å²) in [5.74, 6) is 0.380. The van der Waals surface area contributed by atoms with Crippen molar-refractivity contribution < 1.29 is 19.8 Å². The summed E-state index contributed by atoms with van der Waals surface area (Å²) in [6, 6.07) is 0. The Balaban J connectivity index is 4.36. The predicted octanol–water partition coefficient (Wildman–Crippen LogP) is 11.2. The van der Waals surface area contributed by atoms with Gasteiger partial charge in [0.25, 0.3) is 0 Å². The van der Waals surface area contributed by atoms with Crippen LogP contribution in [0.5, 0.6) is 0 Å². The van der Waals surface area contributed by atoms with Crippen LogP contribution in [0.4, 0.5) is 0 Å². The lowest BCUT2D eigenvalue weighted by Crippen LogP contribution is -2.42. The van der Waals surface area contributed by atoms with Gasteiger partial charge in [-0.15, -0.1) is 0 Å². The van der Waals surface area contributed by atoms with Gasteiger partial charge in [-0.2, -0.15) is 0 Å². The average molecular weight is 681 g/mol. The van der Waals surface area contributed by atoms with Crippen LogP contribution >= 0.6 is 0 Å². The summed E-state index contributed by atoms with van der Waals surface area (Å²) >= 11 is 0. The van der Waals surface area contributed by atoms with Crippen molar-refractivity contribution >= 4 is 11.8 Å². The molecule has 0 aliphatic carbocycles. The van der Waals surface area contributed by atoms with Crippen LogP contribution in [0.2, 0.25) is 0 Å². The Labute approximate surface area is 299 Å². The molecule has 6 heteroatoms. The van der Waals surface area contributed by atoms with Crippen molar-refractivity contribution in [1.82, 2.24) is 9.80 Å². The van der Waals surface area contributed by atoms with Gasteiger partial charge >= 0.3 is 0 Å². The third-order valence-electron chi connectivity index (χ3n) is 10.0. The minimum atomic E-state index is 0.145. The van der Waals surface area contributed by atoms with E-state index >= 15 is 0 Å². The Hall–Kier alpha value is -1.14. The molecule has 0 spiro atoms. The van der Waals surface area contributed by atoms with E-state index in [-0.39, 0.29) is 25.0 Å². The van der Waals surface area contributed by atoms with Gasteiger partial charge in [-0.05, 0) is 38.5 Å².